The summed E-state index contributed by atoms with van der Waals surface area (Å²) in [4.78, 5) is 0. The van der Waals surface area contributed by atoms with E-state index in [0.717, 1.165) is 24.2 Å². The lowest BCUT2D eigenvalue weighted by atomic mass is 9.64. The molecule has 3 aliphatic rings. The van der Waals surface area contributed by atoms with Crippen LogP contribution in [0.5, 0.6) is 0 Å². The highest BCUT2D eigenvalue weighted by Gasteiger charge is 2.34. The van der Waals surface area contributed by atoms with Crippen LogP contribution in [0.15, 0.2) is 0 Å². The Morgan fingerprint density at radius 1 is 1.09 bits per heavy atom. The molecule has 1 nitrogen and oxygen atoms in total. The van der Waals surface area contributed by atoms with Crippen LogP contribution >= 0.6 is 0 Å². The lowest BCUT2D eigenvalue weighted by Gasteiger charge is -2.42. The summed E-state index contributed by atoms with van der Waals surface area (Å²) in [6.07, 6.45) is 8.36. The first-order valence-electron chi connectivity index (χ1n) is 5.01. The average Bonchev–Trinajstić information content (AvgIpc) is 2.07. The first kappa shape index (κ1) is 7.60. The van der Waals surface area contributed by atoms with E-state index < -0.39 is 0 Å². The zero-order chi connectivity index (χ0) is 7.68. The van der Waals surface area contributed by atoms with Gasteiger partial charge >= 0.3 is 0 Å². The predicted molar refractivity (Wildman–Crippen MR) is 45.3 cm³/mol. The summed E-state index contributed by atoms with van der Waals surface area (Å²) in [5, 5.41) is 8.85. The Balaban J connectivity index is 1.92. The van der Waals surface area contributed by atoms with Crippen LogP contribution in [0.1, 0.15) is 38.5 Å². The van der Waals surface area contributed by atoms with Gasteiger partial charge in [-0.3, -0.25) is 0 Å². The number of aliphatic hydroxyl groups is 1. The largest absolute Gasteiger partial charge is 0.396 e. The van der Waals surface area contributed by atoms with Gasteiger partial charge < -0.3 is 5.11 Å². The molecule has 1 atom stereocenters. The van der Waals surface area contributed by atoms with Crippen molar-refractivity contribution in [2.75, 3.05) is 6.61 Å². The highest BCUT2D eigenvalue weighted by molar-refractivity contribution is 4.85. The first-order chi connectivity index (χ1) is 5.40. The van der Waals surface area contributed by atoms with Crippen LogP contribution in [-0.2, 0) is 0 Å². The van der Waals surface area contributed by atoms with E-state index in [1.807, 2.05) is 0 Å². The zero-order valence-corrected chi connectivity index (χ0v) is 7.13. The van der Waals surface area contributed by atoms with Crippen LogP contribution < -0.4 is 0 Å². The van der Waals surface area contributed by atoms with Gasteiger partial charge in [-0.2, -0.15) is 0 Å². The summed E-state index contributed by atoms with van der Waals surface area (Å²) in [6, 6.07) is 0. The minimum Gasteiger partial charge on any atom is -0.396 e. The molecule has 0 aliphatic heterocycles. The van der Waals surface area contributed by atoms with Crippen LogP contribution in [0.3, 0.4) is 0 Å². The van der Waals surface area contributed by atoms with Crippen LogP contribution in [0, 0.1) is 17.8 Å². The Bertz CT molecular complexity index is 125. The third-order valence-electron chi connectivity index (χ3n) is 3.69. The van der Waals surface area contributed by atoms with Crippen molar-refractivity contribution in [3.05, 3.63) is 0 Å². The van der Waals surface area contributed by atoms with Gasteiger partial charge in [-0.1, -0.05) is 12.8 Å². The molecule has 0 aromatic heterocycles. The molecule has 3 fully saturated rings. The Kier molecular flexibility index (Phi) is 2.17. The quantitative estimate of drug-likeness (QED) is 0.646. The molecule has 0 spiro atoms. The topological polar surface area (TPSA) is 20.2 Å². The lowest BCUT2D eigenvalue weighted by Crippen LogP contribution is -2.31. The molecule has 0 saturated heterocycles. The Labute approximate surface area is 68.8 Å². The molecule has 0 amide bonds. The summed E-state index contributed by atoms with van der Waals surface area (Å²) in [5.74, 6) is 2.89. The van der Waals surface area contributed by atoms with Gasteiger partial charge in [0.25, 0.3) is 0 Å². The number of hydrogen-bond acceptors (Lipinski definition) is 1. The van der Waals surface area contributed by atoms with Crippen molar-refractivity contribution in [3.63, 3.8) is 0 Å². The van der Waals surface area contributed by atoms with Crippen molar-refractivity contribution >= 4 is 0 Å². The van der Waals surface area contributed by atoms with Gasteiger partial charge in [0.1, 0.15) is 0 Å². The second kappa shape index (κ2) is 3.14. The van der Waals surface area contributed by atoms with Gasteiger partial charge in [-0.25, -0.2) is 0 Å². The number of hydrogen-bond donors (Lipinski definition) is 1. The van der Waals surface area contributed by atoms with Crippen molar-refractivity contribution in [3.8, 4) is 0 Å². The van der Waals surface area contributed by atoms with Crippen molar-refractivity contribution in [2.24, 2.45) is 17.8 Å². The van der Waals surface area contributed by atoms with E-state index in [1.165, 1.54) is 32.1 Å². The third kappa shape index (κ3) is 1.44. The fourth-order valence-electron chi connectivity index (χ4n) is 3.04. The fraction of sp³-hybridized carbons (Fsp3) is 1.00. The predicted octanol–water partition coefficient (Wildman–Crippen LogP) is 2.20. The standard InChI is InChI=1S/C10H18O/c11-6-5-10-7-8-1-3-9(10)4-2-8/h8-11H,1-7H2. The van der Waals surface area contributed by atoms with Crippen LogP contribution in [0.25, 0.3) is 0 Å². The van der Waals surface area contributed by atoms with E-state index in [9.17, 15) is 0 Å². The summed E-state index contributed by atoms with van der Waals surface area (Å²) in [7, 11) is 0. The molecule has 3 aliphatic carbocycles. The van der Waals surface area contributed by atoms with E-state index in [2.05, 4.69) is 0 Å². The third-order valence-corrected chi connectivity index (χ3v) is 3.69. The van der Waals surface area contributed by atoms with Crippen LogP contribution in [0.2, 0.25) is 0 Å². The average molecular weight is 154 g/mol. The first-order valence-corrected chi connectivity index (χ1v) is 5.01. The highest BCUT2D eigenvalue weighted by atomic mass is 16.3. The SMILES string of the molecule is OCCC1CC2CCC1CC2. The summed E-state index contributed by atoms with van der Waals surface area (Å²) in [6.45, 7) is 0.411. The number of aliphatic hydroxyl groups excluding tert-OH is 1. The molecular weight excluding hydrogens is 136 g/mol. The number of fused-ring (bicyclic) bond motifs is 3. The number of rotatable bonds is 2. The maximum absolute atomic E-state index is 8.85. The van der Waals surface area contributed by atoms with E-state index >= 15 is 0 Å². The van der Waals surface area contributed by atoms with Gasteiger partial charge in [0, 0.05) is 6.61 Å². The monoisotopic (exact) mass is 154 g/mol. The van der Waals surface area contributed by atoms with Crippen molar-refractivity contribution in [2.45, 2.75) is 38.5 Å². The molecule has 0 aromatic carbocycles. The van der Waals surface area contributed by atoms with Gasteiger partial charge in [0.05, 0.1) is 0 Å². The molecule has 3 rings (SSSR count). The molecule has 0 radical (unpaired) electrons. The van der Waals surface area contributed by atoms with E-state index in [1.54, 1.807) is 0 Å². The second-order valence-electron chi connectivity index (χ2n) is 4.29. The van der Waals surface area contributed by atoms with E-state index in [-0.39, 0.29) is 0 Å². The minimum absolute atomic E-state index is 0.411. The molecule has 1 N–H and O–H groups in total. The molecule has 11 heavy (non-hydrogen) atoms. The maximum atomic E-state index is 8.85. The Hall–Kier alpha value is -0.0400. The molecular formula is C10H18O. The smallest absolute Gasteiger partial charge is 0.0433 e. The van der Waals surface area contributed by atoms with E-state index in [0.29, 0.717) is 6.61 Å². The molecule has 64 valence electrons. The van der Waals surface area contributed by atoms with Crippen LogP contribution in [-0.4, -0.2) is 11.7 Å². The van der Waals surface area contributed by atoms with Gasteiger partial charge in [-0.15, -0.1) is 0 Å². The molecule has 0 aromatic rings. The maximum Gasteiger partial charge on any atom is 0.0433 e. The lowest BCUT2D eigenvalue weighted by molar-refractivity contribution is 0.0785. The molecule has 3 saturated carbocycles. The summed E-state index contributed by atoms with van der Waals surface area (Å²) >= 11 is 0. The van der Waals surface area contributed by atoms with Gasteiger partial charge in [0.15, 0.2) is 0 Å². The van der Waals surface area contributed by atoms with Crippen LogP contribution in [0.4, 0.5) is 0 Å². The Morgan fingerprint density at radius 2 is 1.82 bits per heavy atom. The molecule has 2 bridgehead atoms. The van der Waals surface area contributed by atoms with Gasteiger partial charge in [-0.05, 0) is 43.4 Å². The summed E-state index contributed by atoms with van der Waals surface area (Å²) in [5.41, 5.74) is 0. The van der Waals surface area contributed by atoms with E-state index in [4.69, 9.17) is 5.11 Å². The second-order valence-corrected chi connectivity index (χ2v) is 4.29. The van der Waals surface area contributed by atoms with Crippen molar-refractivity contribution in [1.82, 2.24) is 0 Å². The van der Waals surface area contributed by atoms with Gasteiger partial charge in [0.2, 0.25) is 0 Å². The molecule has 0 heterocycles. The highest BCUT2D eigenvalue weighted by Crippen LogP contribution is 2.45. The van der Waals surface area contributed by atoms with Crippen molar-refractivity contribution in [1.29, 1.82) is 0 Å². The molecule has 1 heteroatoms. The normalized spacial score (nSPS) is 42.8. The molecule has 1 unspecified atom stereocenters. The fourth-order valence-corrected chi connectivity index (χ4v) is 3.04. The summed E-state index contributed by atoms with van der Waals surface area (Å²) < 4.78 is 0. The zero-order valence-electron chi connectivity index (χ0n) is 7.13. The van der Waals surface area contributed by atoms with Crippen molar-refractivity contribution < 1.29 is 5.11 Å². The Morgan fingerprint density at radius 3 is 2.27 bits per heavy atom. The minimum atomic E-state index is 0.411.